The third kappa shape index (κ3) is 3.46. The van der Waals surface area contributed by atoms with E-state index in [1.807, 2.05) is 0 Å². The van der Waals surface area contributed by atoms with Crippen LogP contribution in [-0.4, -0.2) is 18.7 Å². The molecule has 1 unspecified atom stereocenters. The van der Waals surface area contributed by atoms with E-state index in [4.69, 9.17) is 0 Å². The summed E-state index contributed by atoms with van der Waals surface area (Å²) in [6.07, 6.45) is -3.91. The molecule has 0 saturated heterocycles. The van der Waals surface area contributed by atoms with E-state index in [0.29, 0.717) is 24.1 Å². The van der Waals surface area contributed by atoms with Crippen molar-refractivity contribution in [3.05, 3.63) is 34.9 Å². The van der Waals surface area contributed by atoms with Crippen molar-refractivity contribution in [3.8, 4) is 0 Å². The minimum atomic E-state index is -4.35. The highest BCUT2D eigenvalue weighted by Crippen LogP contribution is 2.33. The first kappa shape index (κ1) is 15.0. The Hall–Kier alpha value is -1.07. The zero-order valence-electron chi connectivity index (χ0n) is 10.7. The lowest BCUT2D eigenvalue weighted by Gasteiger charge is -2.26. The summed E-state index contributed by atoms with van der Waals surface area (Å²) in [5.41, 5.74) is -0.832. The monoisotopic (exact) mass is 261 g/mol. The Morgan fingerprint density at radius 3 is 2.33 bits per heavy atom. The minimum Gasteiger partial charge on any atom is -0.385 e. The van der Waals surface area contributed by atoms with Gasteiger partial charge in [0.05, 0.1) is 11.2 Å². The lowest BCUT2D eigenvalue weighted by atomic mass is 9.88. The van der Waals surface area contributed by atoms with Gasteiger partial charge in [0.2, 0.25) is 0 Å². The Morgan fingerprint density at radius 1 is 1.28 bits per heavy atom. The molecule has 0 fully saturated rings. The van der Waals surface area contributed by atoms with Gasteiger partial charge in [0.1, 0.15) is 0 Å². The molecule has 1 aromatic rings. The molecule has 0 saturated carbocycles. The van der Waals surface area contributed by atoms with Gasteiger partial charge >= 0.3 is 6.18 Å². The molecule has 0 aliphatic heterocycles. The maximum atomic E-state index is 12.5. The summed E-state index contributed by atoms with van der Waals surface area (Å²) < 4.78 is 37.6. The van der Waals surface area contributed by atoms with Crippen LogP contribution in [0.4, 0.5) is 13.2 Å². The Labute approximate surface area is 105 Å². The Balaban J connectivity index is 3.05. The van der Waals surface area contributed by atoms with Crippen LogP contribution in [0.25, 0.3) is 0 Å². The van der Waals surface area contributed by atoms with Crippen LogP contribution in [-0.2, 0) is 11.8 Å². The molecule has 1 atom stereocenters. The Kier molecular flexibility index (Phi) is 4.40. The average Bonchev–Trinajstić information content (AvgIpc) is 2.24. The standard InChI is InChI=1S/C13H18F3NO/c1-9-8-10(13(14,15)16)4-5-11(9)12(2,18)6-7-17-3/h4-5,8,17-18H,6-7H2,1-3H3. The maximum absolute atomic E-state index is 12.5. The molecular formula is C13H18F3NO. The van der Waals surface area contributed by atoms with Crippen LogP contribution in [0, 0.1) is 6.92 Å². The smallest absolute Gasteiger partial charge is 0.385 e. The highest BCUT2D eigenvalue weighted by atomic mass is 19.4. The molecule has 5 heteroatoms. The van der Waals surface area contributed by atoms with Crippen molar-refractivity contribution in [1.82, 2.24) is 5.32 Å². The number of benzene rings is 1. The van der Waals surface area contributed by atoms with E-state index in [1.54, 1.807) is 20.9 Å². The highest BCUT2D eigenvalue weighted by molar-refractivity contribution is 5.36. The zero-order chi connectivity index (χ0) is 14.0. The first-order chi connectivity index (χ1) is 8.18. The number of aliphatic hydroxyl groups is 1. The van der Waals surface area contributed by atoms with Gasteiger partial charge in [0.25, 0.3) is 0 Å². The van der Waals surface area contributed by atoms with Crippen molar-refractivity contribution in [3.63, 3.8) is 0 Å². The van der Waals surface area contributed by atoms with Gasteiger partial charge in [0, 0.05) is 0 Å². The topological polar surface area (TPSA) is 32.3 Å². The zero-order valence-corrected chi connectivity index (χ0v) is 10.7. The van der Waals surface area contributed by atoms with Gasteiger partial charge in [-0.25, -0.2) is 0 Å². The average molecular weight is 261 g/mol. The van der Waals surface area contributed by atoms with Crippen molar-refractivity contribution >= 4 is 0 Å². The predicted octanol–water partition coefficient (Wildman–Crippen LogP) is 2.83. The van der Waals surface area contributed by atoms with Gasteiger partial charge < -0.3 is 10.4 Å². The fourth-order valence-electron chi connectivity index (χ4n) is 1.95. The molecule has 1 aromatic carbocycles. The molecule has 1 rings (SSSR count). The number of rotatable bonds is 4. The molecule has 0 aromatic heterocycles. The molecule has 0 amide bonds. The van der Waals surface area contributed by atoms with Crippen molar-refractivity contribution in [2.75, 3.05) is 13.6 Å². The second-order valence-corrected chi connectivity index (χ2v) is 4.65. The second kappa shape index (κ2) is 5.28. The first-order valence-corrected chi connectivity index (χ1v) is 5.74. The molecule has 102 valence electrons. The largest absolute Gasteiger partial charge is 0.416 e. The van der Waals surface area contributed by atoms with Crippen LogP contribution in [0.15, 0.2) is 18.2 Å². The van der Waals surface area contributed by atoms with Crippen molar-refractivity contribution < 1.29 is 18.3 Å². The van der Waals surface area contributed by atoms with Crippen LogP contribution in [0.3, 0.4) is 0 Å². The van der Waals surface area contributed by atoms with Crippen LogP contribution in [0.1, 0.15) is 30.0 Å². The van der Waals surface area contributed by atoms with Gasteiger partial charge in [-0.15, -0.1) is 0 Å². The van der Waals surface area contributed by atoms with Gasteiger partial charge in [-0.1, -0.05) is 6.07 Å². The summed E-state index contributed by atoms with van der Waals surface area (Å²) in [6, 6.07) is 3.44. The normalized spacial score (nSPS) is 15.5. The van der Waals surface area contributed by atoms with E-state index in [-0.39, 0.29) is 0 Å². The number of nitrogens with one attached hydrogen (secondary N) is 1. The SMILES string of the molecule is CNCCC(C)(O)c1ccc(C(F)(F)F)cc1C. The summed E-state index contributed by atoms with van der Waals surface area (Å²) in [7, 11) is 1.76. The minimum absolute atomic E-state index is 0.440. The summed E-state index contributed by atoms with van der Waals surface area (Å²) in [6.45, 7) is 3.78. The summed E-state index contributed by atoms with van der Waals surface area (Å²) >= 11 is 0. The van der Waals surface area contributed by atoms with E-state index < -0.39 is 17.3 Å². The molecule has 0 bridgehead atoms. The van der Waals surface area contributed by atoms with Crippen LogP contribution in [0.5, 0.6) is 0 Å². The number of alkyl halides is 3. The molecule has 2 N–H and O–H groups in total. The summed E-state index contributed by atoms with van der Waals surface area (Å²) in [5, 5.41) is 13.2. The summed E-state index contributed by atoms with van der Waals surface area (Å²) in [4.78, 5) is 0. The molecular weight excluding hydrogens is 243 g/mol. The van der Waals surface area contributed by atoms with E-state index in [0.717, 1.165) is 12.1 Å². The lowest BCUT2D eigenvalue weighted by molar-refractivity contribution is -0.137. The predicted molar refractivity (Wildman–Crippen MR) is 64.3 cm³/mol. The summed E-state index contributed by atoms with van der Waals surface area (Å²) in [5.74, 6) is 0. The molecule has 0 aliphatic carbocycles. The third-order valence-electron chi connectivity index (χ3n) is 3.00. The van der Waals surface area contributed by atoms with Gasteiger partial charge in [-0.2, -0.15) is 13.2 Å². The number of aryl methyl sites for hydroxylation is 1. The molecule has 18 heavy (non-hydrogen) atoms. The molecule has 2 nitrogen and oxygen atoms in total. The van der Waals surface area contributed by atoms with E-state index >= 15 is 0 Å². The Bertz CT molecular complexity index is 413. The molecule has 0 radical (unpaired) electrons. The fourth-order valence-corrected chi connectivity index (χ4v) is 1.95. The molecule has 0 aliphatic rings. The fraction of sp³-hybridized carbons (Fsp3) is 0.538. The highest BCUT2D eigenvalue weighted by Gasteiger charge is 2.32. The number of hydrogen-bond donors (Lipinski definition) is 2. The van der Waals surface area contributed by atoms with Crippen LogP contribution < -0.4 is 5.32 Å². The van der Waals surface area contributed by atoms with Gasteiger partial charge in [0.15, 0.2) is 0 Å². The number of hydrogen-bond acceptors (Lipinski definition) is 2. The van der Waals surface area contributed by atoms with Gasteiger partial charge in [-0.3, -0.25) is 0 Å². The van der Waals surface area contributed by atoms with Crippen molar-refractivity contribution in [2.24, 2.45) is 0 Å². The van der Waals surface area contributed by atoms with E-state index in [9.17, 15) is 18.3 Å². The number of halogens is 3. The maximum Gasteiger partial charge on any atom is 0.416 e. The van der Waals surface area contributed by atoms with Gasteiger partial charge in [-0.05, 0) is 57.1 Å². The van der Waals surface area contributed by atoms with Crippen LogP contribution in [0.2, 0.25) is 0 Å². The Morgan fingerprint density at radius 2 is 1.89 bits per heavy atom. The lowest BCUT2D eigenvalue weighted by Crippen LogP contribution is -2.27. The quantitative estimate of drug-likeness (QED) is 0.873. The molecule has 0 spiro atoms. The van der Waals surface area contributed by atoms with Crippen molar-refractivity contribution in [2.45, 2.75) is 32.0 Å². The van der Waals surface area contributed by atoms with E-state index in [2.05, 4.69) is 5.32 Å². The second-order valence-electron chi connectivity index (χ2n) is 4.65. The first-order valence-electron chi connectivity index (χ1n) is 5.74. The van der Waals surface area contributed by atoms with E-state index in [1.165, 1.54) is 6.07 Å². The van der Waals surface area contributed by atoms with Crippen LogP contribution >= 0.6 is 0 Å². The molecule has 0 heterocycles. The third-order valence-corrected chi connectivity index (χ3v) is 3.00. The van der Waals surface area contributed by atoms with Crippen molar-refractivity contribution in [1.29, 1.82) is 0 Å².